The number of nitrogens with one attached hydrogen (secondary N) is 1. The molecule has 138 valence electrons. The van der Waals surface area contributed by atoms with Gasteiger partial charge in [-0.2, -0.15) is 5.10 Å². The van der Waals surface area contributed by atoms with Gasteiger partial charge in [0.15, 0.2) is 0 Å². The lowest BCUT2D eigenvalue weighted by atomic mass is 9.96. The van der Waals surface area contributed by atoms with E-state index in [4.69, 9.17) is 0 Å². The Kier molecular flexibility index (Phi) is 4.97. The normalized spacial score (nSPS) is 17.7. The molecule has 3 amide bonds. The van der Waals surface area contributed by atoms with Crippen molar-refractivity contribution in [2.24, 2.45) is 13.0 Å². The lowest BCUT2D eigenvalue weighted by Crippen LogP contribution is -2.54. The molecule has 1 aliphatic rings. The fourth-order valence-corrected chi connectivity index (χ4v) is 2.94. The Morgan fingerprint density at radius 1 is 1.27 bits per heavy atom. The Labute approximate surface area is 147 Å². The molecule has 2 aromatic rings. The van der Waals surface area contributed by atoms with Crippen molar-refractivity contribution in [3.8, 4) is 0 Å². The van der Waals surface area contributed by atoms with Crippen molar-refractivity contribution in [1.82, 2.24) is 20.0 Å². The van der Waals surface area contributed by atoms with Crippen molar-refractivity contribution in [2.45, 2.75) is 19.4 Å². The van der Waals surface area contributed by atoms with Gasteiger partial charge in [0.25, 0.3) is 6.43 Å². The van der Waals surface area contributed by atoms with E-state index in [1.165, 1.54) is 30.1 Å². The molecule has 3 rings (SSSR count). The number of amides is 3. The quantitative estimate of drug-likeness (QED) is 0.884. The zero-order valence-electron chi connectivity index (χ0n) is 14.0. The molecule has 1 aromatic carbocycles. The van der Waals surface area contributed by atoms with Gasteiger partial charge in [0.1, 0.15) is 5.82 Å². The fraction of sp³-hybridized carbons (Fsp3) is 0.353. The number of alkyl halides is 2. The molecular formula is C17H17F3N4O2. The molecule has 1 N–H and O–H groups in total. The standard InChI is InChI=1S/C17H17F3N4O2/c1-23-8-13(15(19)20)14(22-23)9-24-16(25)11(7-21-17(24)26)6-10-2-4-12(18)5-3-10/h2-5,8,11,15H,6-7,9H2,1H3,(H,21,26). The first-order valence-corrected chi connectivity index (χ1v) is 7.99. The molecule has 2 heterocycles. The number of imide groups is 1. The molecule has 0 saturated carbocycles. The summed E-state index contributed by atoms with van der Waals surface area (Å²) >= 11 is 0. The van der Waals surface area contributed by atoms with Crippen LogP contribution in [0.15, 0.2) is 30.5 Å². The van der Waals surface area contributed by atoms with E-state index in [1.54, 1.807) is 12.1 Å². The molecule has 0 bridgehead atoms. The van der Waals surface area contributed by atoms with Crippen molar-refractivity contribution >= 4 is 11.9 Å². The van der Waals surface area contributed by atoms with E-state index in [0.717, 1.165) is 10.5 Å². The van der Waals surface area contributed by atoms with Gasteiger partial charge in [-0.25, -0.2) is 18.0 Å². The molecule has 1 aromatic heterocycles. The van der Waals surface area contributed by atoms with Crippen LogP contribution in [0.5, 0.6) is 0 Å². The summed E-state index contributed by atoms with van der Waals surface area (Å²) in [6, 6.07) is 5.08. The average Bonchev–Trinajstić information content (AvgIpc) is 2.97. The van der Waals surface area contributed by atoms with Crippen LogP contribution in [0.25, 0.3) is 0 Å². The van der Waals surface area contributed by atoms with E-state index in [2.05, 4.69) is 10.4 Å². The number of hydrogen-bond donors (Lipinski definition) is 1. The second kappa shape index (κ2) is 7.19. The van der Waals surface area contributed by atoms with E-state index in [9.17, 15) is 22.8 Å². The van der Waals surface area contributed by atoms with Crippen LogP contribution >= 0.6 is 0 Å². The minimum atomic E-state index is -2.75. The number of nitrogens with zero attached hydrogens (tertiary/aromatic N) is 3. The number of carbonyl (C=O) groups is 2. The molecule has 0 spiro atoms. The number of rotatable bonds is 5. The Balaban J connectivity index is 1.77. The summed E-state index contributed by atoms with van der Waals surface area (Å²) in [5, 5.41) is 6.52. The van der Waals surface area contributed by atoms with Crippen LogP contribution in [0.3, 0.4) is 0 Å². The highest BCUT2D eigenvalue weighted by atomic mass is 19.3. The topological polar surface area (TPSA) is 67.2 Å². The van der Waals surface area contributed by atoms with Crippen molar-refractivity contribution in [1.29, 1.82) is 0 Å². The maximum Gasteiger partial charge on any atom is 0.324 e. The fourth-order valence-electron chi connectivity index (χ4n) is 2.94. The lowest BCUT2D eigenvalue weighted by molar-refractivity contribution is -0.134. The average molecular weight is 366 g/mol. The first kappa shape index (κ1) is 18.0. The third kappa shape index (κ3) is 3.71. The van der Waals surface area contributed by atoms with E-state index in [1.807, 2.05) is 0 Å². The van der Waals surface area contributed by atoms with Gasteiger partial charge >= 0.3 is 6.03 Å². The third-order valence-corrected chi connectivity index (χ3v) is 4.24. The maximum atomic E-state index is 13.1. The zero-order chi connectivity index (χ0) is 18.8. The van der Waals surface area contributed by atoms with Crippen LogP contribution in [0.2, 0.25) is 0 Å². The van der Waals surface area contributed by atoms with Crippen molar-refractivity contribution in [3.63, 3.8) is 0 Å². The first-order chi connectivity index (χ1) is 12.3. The summed E-state index contributed by atoms with van der Waals surface area (Å²) in [7, 11) is 1.49. The van der Waals surface area contributed by atoms with Crippen LogP contribution in [0, 0.1) is 11.7 Å². The van der Waals surface area contributed by atoms with Crippen molar-refractivity contribution < 1.29 is 22.8 Å². The Hall–Kier alpha value is -2.84. The van der Waals surface area contributed by atoms with E-state index < -0.39 is 24.3 Å². The molecular weight excluding hydrogens is 349 g/mol. The van der Waals surface area contributed by atoms with Crippen LogP contribution in [-0.2, 0) is 24.8 Å². The number of carbonyl (C=O) groups excluding carboxylic acids is 2. The molecule has 9 heteroatoms. The molecule has 6 nitrogen and oxygen atoms in total. The van der Waals surface area contributed by atoms with Gasteiger partial charge in [-0.15, -0.1) is 0 Å². The molecule has 0 radical (unpaired) electrons. The van der Waals surface area contributed by atoms with Gasteiger partial charge < -0.3 is 5.32 Å². The number of benzene rings is 1. The first-order valence-electron chi connectivity index (χ1n) is 7.99. The van der Waals surface area contributed by atoms with Gasteiger partial charge in [0.2, 0.25) is 5.91 Å². The monoisotopic (exact) mass is 366 g/mol. The molecule has 26 heavy (non-hydrogen) atoms. The summed E-state index contributed by atoms with van der Waals surface area (Å²) in [5.41, 5.74) is 0.411. The maximum absolute atomic E-state index is 13.1. The van der Waals surface area contributed by atoms with Gasteiger partial charge in [-0.05, 0) is 24.1 Å². The van der Waals surface area contributed by atoms with Crippen LogP contribution in [0.4, 0.5) is 18.0 Å². The second-order valence-electron chi connectivity index (χ2n) is 6.14. The Morgan fingerprint density at radius 3 is 2.62 bits per heavy atom. The minimum absolute atomic E-state index is 0.0200. The highest BCUT2D eigenvalue weighted by molar-refractivity contribution is 5.98. The zero-order valence-corrected chi connectivity index (χ0v) is 14.0. The number of hydrogen-bond acceptors (Lipinski definition) is 3. The van der Waals surface area contributed by atoms with Gasteiger partial charge in [0.05, 0.1) is 23.7 Å². The summed E-state index contributed by atoms with van der Waals surface area (Å²) in [6.07, 6.45) is -1.28. The summed E-state index contributed by atoms with van der Waals surface area (Å²) in [5.74, 6) is -1.41. The number of urea groups is 1. The van der Waals surface area contributed by atoms with E-state index in [-0.39, 0.29) is 30.2 Å². The molecule has 1 unspecified atom stereocenters. The van der Waals surface area contributed by atoms with Crippen LogP contribution in [-0.4, -0.2) is 33.2 Å². The van der Waals surface area contributed by atoms with Gasteiger partial charge in [0, 0.05) is 19.8 Å². The number of aryl methyl sites for hydroxylation is 1. The molecule has 1 saturated heterocycles. The molecule has 1 atom stereocenters. The summed E-state index contributed by atoms with van der Waals surface area (Å²) < 4.78 is 40.4. The SMILES string of the molecule is Cn1cc(C(F)F)c(CN2C(=O)NCC(Cc3ccc(F)cc3)C2=O)n1. The minimum Gasteiger partial charge on any atom is -0.337 e. The summed E-state index contributed by atoms with van der Waals surface area (Å²) in [4.78, 5) is 25.6. The molecule has 1 fully saturated rings. The van der Waals surface area contributed by atoms with Crippen LogP contribution < -0.4 is 5.32 Å². The number of halogens is 3. The van der Waals surface area contributed by atoms with Crippen molar-refractivity contribution in [2.75, 3.05) is 6.54 Å². The Morgan fingerprint density at radius 2 is 1.96 bits per heavy atom. The third-order valence-electron chi connectivity index (χ3n) is 4.24. The van der Waals surface area contributed by atoms with E-state index in [0.29, 0.717) is 6.42 Å². The Bertz CT molecular complexity index is 820. The van der Waals surface area contributed by atoms with Crippen molar-refractivity contribution in [3.05, 3.63) is 53.1 Å². The van der Waals surface area contributed by atoms with Gasteiger partial charge in [-0.3, -0.25) is 14.4 Å². The second-order valence-corrected chi connectivity index (χ2v) is 6.14. The molecule has 1 aliphatic heterocycles. The van der Waals surface area contributed by atoms with Gasteiger partial charge in [-0.1, -0.05) is 12.1 Å². The van der Waals surface area contributed by atoms with Crippen LogP contribution in [0.1, 0.15) is 23.2 Å². The number of aromatic nitrogens is 2. The highest BCUT2D eigenvalue weighted by Crippen LogP contribution is 2.24. The highest BCUT2D eigenvalue weighted by Gasteiger charge is 2.35. The largest absolute Gasteiger partial charge is 0.337 e. The predicted molar refractivity (Wildman–Crippen MR) is 85.7 cm³/mol. The smallest absolute Gasteiger partial charge is 0.324 e. The summed E-state index contributed by atoms with van der Waals surface area (Å²) in [6.45, 7) is -0.194. The van der Waals surface area contributed by atoms with E-state index >= 15 is 0 Å². The lowest BCUT2D eigenvalue weighted by Gasteiger charge is -2.31. The molecule has 0 aliphatic carbocycles. The predicted octanol–water partition coefficient (Wildman–Crippen LogP) is 2.41.